The Balaban J connectivity index is 2.08. The molecule has 2 nitrogen and oxygen atoms in total. The van der Waals surface area contributed by atoms with Crippen LogP contribution in [0.25, 0.3) is 0 Å². The smallest absolute Gasteiger partial charge is 0.125 e. The molecule has 1 aromatic heterocycles. The van der Waals surface area contributed by atoms with Gasteiger partial charge < -0.3 is 9.73 Å². The number of rotatable bonds is 3. The highest BCUT2D eigenvalue weighted by Gasteiger charge is 2.04. The molecule has 0 spiro atoms. The highest BCUT2D eigenvalue weighted by molar-refractivity contribution is 9.10. The van der Waals surface area contributed by atoms with E-state index in [9.17, 15) is 4.39 Å². The van der Waals surface area contributed by atoms with Gasteiger partial charge in [0.05, 0.1) is 12.8 Å². The number of benzene rings is 1. The van der Waals surface area contributed by atoms with Gasteiger partial charge in [0, 0.05) is 10.2 Å². The first-order valence-corrected chi connectivity index (χ1v) is 5.68. The van der Waals surface area contributed by atoms with E-state index in [4.69, 9.17) is 4.42 Å². The summed E-state index contributed by atoms with van der Waals surface area (Å²) in [6.45, 7) is 2.57. The van der Waals surface area contributed by atoms with Crippen LogP contribution in [0.3, 0.4) is 0 Å². The number of hydrogen-bond acceptors (Lipinski definition) is 2. The first-order chi connectivity index (χ1) is 7.66. The molecule has 0 atom stereocenters. The fourth-order valence-electron chi connectivity index (χ4n) is 1.39. The topological polar surface area (TPSA) is 25.2 Å². The van der Waals surface area contributed by atoms with Crippen LogP contribution < -0.4 is 5.32 Å². The minimum atomic E-state index is -0.258. The van der Waals surface area contributed by atoms with Gasteiger partial charge in [-0.25, -0.2) is 4.39 Å². The largest absolute Gasteiger partial charge is 0.467 e. The van der Waals surface area contributed by atoms with Crippen LogP contribution in [0.1, 0.15) is 11.3 Å². The maximum Gasteiger partial charge on any atom is 0.125 e. The lowest BCUT2D eigenvalue weighted by Gasteiger charge is -2.07. The minimum absolute atomic E-state index is 0.258. The summed E-state index contributed by atoms with van der Waals surface area (Å²) in [4.78, 5) is 0. The van der Waals surface area contributed by atoms with Gasteiger partial charge in [0.2, 0.25) is 0 Å². The standard InChI is InChI=1S/C12H11BrFNO/c1-8-4-5-16-12(8)7-15-11-3-2-9(14)6-10(11)13/h2-6,15H,7H2,1H3. The maximum absolute atomic E-state index is 12.8. The first kappa shape index (κ1) is 11.2. The van der Waals surface area contributed by atoms with E-state index in [-0.39, 0.29) is 5.82 Å². The van der Waals surface area contributed by atoms with E-state index in [1.165, 1.54) is 12.1 Å². The molecule has 2 rings (SSSR count). The molecule has 0 bridgehead atoms. The number of furan rings is 1. The Labute approximate surface area is 102 Å². The van der Waals surface area contributed by atoms with Crippen LogP contribution in [0, 0.1) is 12.7 Å². The van der Waals surface area contributed by atoms with Gasteiger partial charge in [0.15, 0.2) is 0 Å². The van der Waals surface area contributed by atoms with Gasteiger partial charge in [-0.15, -0.1) is 0 Å². The van der Waals surface area contributed by atoms with E-state index in [2.05, 4.69) is 21.2 Å². The average molecular weight is 284 g/mol. The number of hydrogen-bond donors (Lipinski definition) is 1. The molecule has 0 radical (unpaired) electrons. The van der Waals surface area contributed by atoms with Crippen molar-refractivity contribution in [3.63, 3.8) is 0 Å². The third-order valence-electron chi connectivity index (χ3n) is 2.34. The van der Waals surface area contributed by atoms with Gasteiger partial charge in [-0.2, -0.15) is 0 Å². The van der Waals surface area contributed by atoms with Gasteiger partial charge in [-0.05, 0) is 52.7 Å². The first-order valence-electron chi connectivity index (χ1n) is 4.88. The molecule has 0 aliphatic carbocycles. The predicted octanol–water partition coefficient (Wildman–Crippen LogP) is 4.10. The van der Waals surface area contributed by atoms with Gasteiger partial charge in [-0.3, -0.25) is 0 Å². The predicted molar refractivity (Wildman–Crippen MR) is 64.9 cm³/mol. The molecular weight excluding hydrogens is 273 g/mol. The van der Waals surface area contributed by atoms with Crippen molar-refractivity contribution in [2.45, 2.75) is 13.5 Å². The van der Waals surface area contributed by atoms with Crippen molar-refractivity contribution in [1.82, 2.24) is 0 Å². The van der Waals surface area contributed by atoms with Crippen LogP contribution in [0.15, 0.2) is 39.4 Å². The van der Waals surface area contributed by atoms with Gasteiger partial charge in [-0.1, -0.05) is 0 Å². The third-order valence-corrected chi connectivity index (χ3v) is 2.99. The second-order valence-corrected chi connectivity index (χ2v) is 4.36. The molecule has 16 heavy (non-hydrogen) atoms. The molecule has 84 valence electrons. The molecule has 0 aliphatic rings. The molecule has 0 saturated carbocycles. The van der Waals surface area contributed by atoms with Crippen molar-refractivity contribution in [1.29, 1.82) is 0 Å². The minimum Gasteiger partial charge on any atom is -0.467 e. The SMILES string of the molecule is Cc1ccoc1CNc1ccc(F)cc1Br. The normalized spacial score (nSPS) is 10.4. The Morgan fingerprint density at radius 3 is 2.81 bits per heavy atom. The second kappa shape index (κ2) is 4.70. The molecular formula is C12H11BrFNO. The van der Waals surface area contributed by atoms with Gasteiger partial charge >= 0.3 is 0 Å². The number of halogens is 2. The van der Waals surface area contributed by atoms with E-state index < -0.39 is 0 Å². The number of aryl methyl sites for hydroxylation is 1. The van der Waals surface area contributed by atoms with E-state index in [1.807, 2.05) is 13.0 Å². The molecule has 1 heterocycles. The summed E-state index contributed by atoms with van der Waals surface area (Å²) >= 11 is 3.30. The molecule has 0 aliphatic heterocycles. The monoisotopic (exact) mass is 283 g/mol. The Kier molecular flexibility index (Phi) is 3.29. The van der Waals surface area contributed by atoms with Crippen LogP contribution in [-0.4, -0.2) is 0 Å². The zero-order valence-electron chi connectivity index (χ0n) is 8.76. The lowest BCUT2D eigenvalue weighted by molar-refractivity contribution is 0.515. The Morgan fingerprint density at radius 2 is 2.19 bits per heavy atom. The summed E-state index contributed by atoms with van der Waals surface area (Å²) in [6.07, 6.45) is 1.66. The van der Waals surface area contributed by atoms with Crippen LogP contribution in [0.4, 0.5) is 10.1 Å². The zero-order chi connectivity index (χ0) is 11.5. The fourth-order valence-corrected chi connectivity index (χ4v) is 1.88. The summed E-state index contributed by atoms with van der Waals surface area (Å²) in [6, 6.07) is 6.45. The van der Waals surface area contributed by atoms with Gasteiger partial charge in [0.1, 0.15) is 11.6 Å². The van der Waals surface area contributed by atoms with E-state index >= 15 is 0 Å². The highest BCUT2D eigenvalue weighted by atomic mass is 79.9. The van der Waals surface area contributed by atoms with Crippen molar-refractivity contribution >= 4 is 21.6 Å². The molecule has 4 heteroatoms. The Hall–Kier alpha value is -1.29. The van der Waals surface area contributed by atoms with Crippen molar-refractivity contribution < 1.29 is 8.81 Å². The fraction of sp³-hybridized carbons (Fsp3) is 0.167. The van der Waals surface area contributed by atoms with E-state index in [0.717, 1.165) is 17.0 Å². The molecule has 0 amide bonds. The summed E-state index contributed by atoms with van der Waals surface area (Å²) in [7, 11) is 0. The molecule has 0 saturated heterocycles. The third kappa shape index (κ3) is 2.44. The van der Waals surface area contributed by atoms with Crippen LogP contribution in [0.5, 0.6) is 0 Å². The zero-order valence-corrected chi connectivity index (χ0v) is 10.3. The van der Waals surface area contributed by atoms with Crippen molar-refractivity contribution in [3.05, 3.63) is 52.1 Å². The Morgan fingerprint density at radius 1 is 1.38 bits per heavy atom. The molecule has 1 aromatic carbocycles. The lowest BCUT2D eigenvalue weighted by Crippen LogP contribution is -2.00. The van der Waals surface area contributed by atoms with E-state index in [0.29, 0.717) is 11.0 Å². The summed E-state index contributed by atoms with van der Waals surface area (Å²) in [5.41, 5.74) is 1.95. The molecule has 0 unspecified atom stereocenters. The quantitative estimate of drug-likeness (QED) is 0.917. The molecule has 0 fully saturated rings. The molecule has 1 N–H and O–H groups in total. The second-order valence-electron chi connectivity index (χ2n) is 3.50. The van der Waals surface area contributed by atoms with Gasteiger partial charge in [0.25, 0.3) is 0 Å². The summed E-state index contributed by atoms with van der Waals surface area (Å²) in [5.74, 6) is 0.628. The average Bonchev–Trinajstić information content (AvgIpc) is 2.63. The summed E-state index contributed by atoms with van der Waals surface area (Å²) in [5, 5.41) is 3.18. The van der Waals surface area contributed by atoms with Crippen molar-refractivity contribution in [2.75, 3.05) is 5.32 Å². The molecule has 2 aromatic rings. The summed E-state index contributed by atoms with van der Waals surface area (Å²) < 4.78 is 18.9. The number of nitrogens with one attached hydrogen (secondary N) is 1. The lowest BCUT2D eigenvalue weighted by atomic mass is 10.2. The van der Waals surface area contributed by atoms with Crippen molar-refractivity contribution in [3.8, 4) is 0 Å². The number of anilines is 1. The van der Waals surface area contributed by atoms with Crippen LogP contribution >= 0.6 is 15.9 Å². The van der Waals surface area contributed by atoms with Crippen LogP contribution in [0.2, 0.25) is 0 Å². The Bertz CT molecular complexity index is 496. The van der Waals surface area contributed by atoms with E-state index in [1.54, 1.807) is 12.3 Å². The van der Waals surface area contributed by atoms with Crippen molar-refractivity contribution in [2.24, 2.45) is 0 Å². The highest BCUT2D eigenvalue weighted by Crippen LogP contribution is 2.24. The van der Waals surface area contributed by atoms with Crippen LogP contribution in [-0.2, 0) is 6.54 Å². The maximum atomic E-state index is 12.8.